The van der Waals surface area contributed by atoms with Crippen LogP contribution in [0.1, 0.15) is 29.2 Å². The molecule has 0 radical (unpaired) electrons. The van der Waals surface area contributed by atoms with Crippen LogP contribution in [0.2, 0.25) is 0 Å². The van der Waals surface area contributed by atoms with E-state index in [4.69, 9.17) is 10.5 Å². The van der Waals surface area contributed by atoms with E-state index in [2.05, 4.69) is 22.3 Å². The number of ether oxygens (including phenoxy) is 1. The highest BCUT2D eigenvalue weighted by molar-refractivity contribution is 8.13. The average molecular weight is 341 g/mol. The van der Waals surface area contributed by atoms with Crippen molar-refractivity contribution in [2.24, 2.45) is 15.9 Å². The first-order valence-corrected chi connectivity index (χ1v) is 8.86. The Hall–Kier alpha value is -2.27. The number of nitrogens with two attached hydrogens (primary N) is 1. The van der Waals surface area contributed by atoms with Gasteiger partial charge in [-0.15, -0.1) is 5.10 Å². The van der Waals surface area contributed by atoms with Crippen LogP contribution >= 0.6 is 11.8 Å². The van der Waals surface area contributed by atoms with Gasteiger partial charge in [-0.25, -0.2) is 0 Å². The Morgan fingerprint density at radius 1 is 1.17 bits per heavy atom. The SMILES string of the molecule is CCOc1c(C)cc(C=NN=C(N)SCc2ccccc2)cc1C. The van der Waals surface area contributed by atoms with E-state index in [1.807, 2.05) is 51.1 Å². The van der Waals surface area contributed by atoms with E-state index in [-0.39, 0.29) is 0 Å². The molecule has 0 aromatic heterocycles. The van der Waals surface area contributed by atoms with Crippen molar-refractivity contribution in [1.29, 1.82) is 0 Å². The zero-order valence-corrected chi connectivity index (χ0v) is 15.1. The van der Waals surface area contributed by atoms with Crippen LogP contribution in [0.15, 0.2) is 52.7 Å². The van der Waals surface area contributed by atoms with Crippen molar-refractivity contribution in [2.45, 2.75) is 26.5 Å². The Labute approximate surface area is 147 Å². The largest absolute Gasteiger partial charge is 0.493 e. The lowest BCUT2D eigenvalue weighted by Crippen LogP contribution is -2.06. The molecule has 0 amide bonds. The van der Waals surface area contributed by atoms with Gasteiger partial charge in [-0.2, -0.15) is 5.10 Å². The fourth-order valence-corrected chi connectivity index (χ4v) is 2.96. The first-order valence-electron chi connectivity index (χ1n) is 7.87. The highest BCUT2D eigenvalue weighted by atomic mass is 32.2. The van der Waals surface area contributed by atoms with Gasteiger partial charge in [0.25, 0.3) is 0 Å². The summed E-state index contributed by atoms with van der Waals surface area (Å²) in [4.78, 5) is 0. The third kappa shape index (κ3) is 5.42. The summed E-state index contributed by atoms with van der Waals surface area (Å²) in [6.45, 7) is 6.71. The molecule has 4 nitrogen and oxygen atoms in total. The third-order valence-corrected chi connectivity index (χ3v) is 4.22. The molecule has 2 aromatic rings. The summed E-state index contributed by atoms with van der Waals surface area (Å²) >= 11 is 1.47. The molecule has 2 N–H and O–H groups in total. The monoisotopic (exact) mass is 341 g/mol. The topological polar surface area (TPSA) is 60.0 Å². The van der Waals surface area contributed by atoms with Gasteiger partial charge in [-0.1, -0.05) is 42.1 Å². The molecule has 24 heavy (non-hydrogen) atoms. The predicted octanol–water partition coefficient (Wildman–Crippen LogP) is 4.28. The van der Waals surface area contributed by atoms with Crippen LogP contribution in [0.4, 0.5) is 0 Å². The smallest absolute Gasteiger partial charge is 0.180 e. The Bertz CT molecular complexity index is 704. The van der Waals surface area contributed by atoms with Gasteiger partial charge in [-0.05, 0) is 55.2 Å². The molecule has 0 heterocycles. The van der Waals surface area contributed by atoms with Gasteiger partial charge in [0.15, 0.2) is 5.17 Å². The van der Waals surface area contributed by atoms with Crippen LogP contribution in [0.5, 0.6) is 5.75 Å². The highest BCUT2D eigenvalue weighted by Crippen LogP contribution is 2.24. The van der Waals surface area contributed by atoms with Gasteiger partial charge < -0.3 is 10.5 Å². The van der Waals surface area contributed by atoms with E-state index in [0.29, 0.717) is 11.8 Å². The average Bonchev–Trinajstić information content (AvgIpc) is 2.57. The molecular weight excluding hydrogens is 318 g/mol. The fourth-order valence-electron chi connectivity index (χ4n) is 2.34. The first-order chi connectivity index (χ1) is 11.6. The minimum atomic E-state index is 0.453. The molecule has 0 aliphatic rings. The van der Waals surface area contributed by atoms with Gasteiger partial charge in [0.1, 0.15) is 5.75 Å². The Balaban J connectivity index is 1.97. The molecule has 0 unspecified atom stereocenters. The summed E-state index contributed by atoms with van der Waals surface area (Å²) in [6, 6.07) is 14.2. The summed E-state index contributed by atoms with van der Waals surface area (Å²) in [7, 11) is 0. The minimum absolute atomic E-state index is 0.453. The van der Waals surface area contributed by atoms with Crippen molar-refractivity contribution >= 4 is 23.1 Å². The van der Waals surface area contributed by atoms with Crippen LogP contribution < -0.4 is 10.5 Å². The second kappa shape index (κ2) is 9.13. The molecular formula is C19H23N3OS. The lowest BCUT2D eigenvalue weighted by atomic mass is 10.1. The van der Waals surface area contributed by atoms with Gasteiger partial charge in [0.05, 0.1) is 12.8 Å². The Morgan fingerprint density at radius 2 is 1.83 bits per heavy atom. The van der Waals surface area contributed by atoms with Crippen LogP contribution in [0.25, 0.3) is 0 Å². The number of rotatable bonds is 6. The van der Waals surface area contributed by atoms with Crippen LogP contribution in [0.3, 0.4) is 0 Å². The fraction of sp³-hybridized carbons (Fsp3) is 0.263. The summed E-state index contributed by atoms with van der Waals surface area (Å²) < 4.78 is 5.64. The molecule has 0 saturated heterocycles. The summed E-state index contributed by atoms with van der Waals surface area (Å²) in [6.07, 6.45) is 1.71. The standard InChI is InChI=1S/C19H23N3OS/c1-4-23-18-14(2)10-17(11-15(18)3)12-21-22-19(20)24-13-16-8-6-5-7-9-16/h5-12H,4,13H2,1-3H3,(H2,20,22). The molecule has 5 heteroatoms. The number of hydrogen-bond acceptors (Lipinski definition) is 4. The number of amidine groups is 1. The predicted molar refractivity (Wildman–Crippen MR) is 104 cm³/mol. The maximum absolute atomic E-state index is 5.89. The molecule has 0 bridgehead atoms. The van der Waals surface area contributed by atoms with Gasteiger partial charge in [-0.3, -0.25) is 0 Å². The molecule has 0 spiro atoms. The number of benzene rings is 2. The van der Waals surface area contributed by atoms with Crippen molar-refractivity contribution in [1.82, 2.24) is 0 Å². The normalized spacial score (nSPS) is 11.9. The number of hydrogen-bond donors (Lipinski definition) is 1. The second-order valence-electron chi connectivity index (χ2n) is 5.37. The number of thioether (sulfide) groups is 1. The molecule has 0 saturated carbocycles. The third-order valence-electron chi connectivity index (χ3n) is 3.36. The maximum atomic E-state index is 5.89. The number of aryl methyl sites for hydroxylation is 2. The van der Waals surface area contributed by atoms with E-state index >= 15 is 0 Å². The summed E-state index contributed by atoms with van der Waals surface area (Å²) in [5.41, 5.74) is 10.3. The summed E-state index contributed by atoms with van der Waals surface area (Å²) in [5.74, 6) is 1.73. The van der Waals surface area contributed by atoms with Crippen molar-refractivity contribution in [2.75, 3.05) is 6.61 Å². The molecule has 0 fully saturated rings. The van der Waals surface area contributed by atoms with E-state index in [9.17, 15) is 0 Å². The maximum Gasteiger partial charge on any atom is 0.180 e. The first kappa shape index (κ1) is 18.1. The van der Waals surface area contributed by atoms with E-state index in [0.717, 1.165) is 28.2 Å². The van der Waals surface area contributed by atoms with E-state index < -0.39 is 0 Å². The van der Waals surface area contributed by atoms with Crippen LogP contribution in [0, 0.1) is 13.8 Å². The van der Waals surface area contributed by atoms with Crippen molar-refractivity contribution in [3.05, 3.63) is 64.7 Å². The summed E-state index contributed by atoms with van der Waals surface area (Å²) in [5, 5.41) is 8.59. The highest BCUT2D eigenvalue weighted by Gasteiger charge is 2.04. The van der Waals surface area contributed by atoms with Crippen LogP contribution in [-0.2, 0) is 5.75 Å². The van der Waals surface area contributed by atoms with Crippen molar-refractivity contribution < 1.29 is 4.74 Å². The minimum Gasteiger partial charge on any atom is -0.493 e. The van der Waals surface area contributed by atoms with E-state index in [1.165, 1.54) is 17.3 Å². The lowest BCUT2D eigenvalue weighted by Gasteiger charge is -2.11. The molecule has 2 aromatic carbocycles. The molecule has 126 valence electrons. The molecule has 0 atom stereocenters. The number of nitrogens with zero attached hydrogens (tertiary/aromatic N) is 2. The van der Waals surface area contributed by atoms with Gasteiger partial charge in [0, 0.05) is 5.75 Å². The zero-order valence-electron chi connectivity index (χ0n) is 14.3. The van der Waals surface area contributed by atoms with Crippen molar-refractivity contribution in [3.8, 4) is 5.75 Å². The van der Waals surface area contributed by atoms with Crippen molar-refractivity contribution in [3.63, 3.8) is 0 Å². The second-order valence-corrected chi connectivity index (χ2v) is 6.37. The van der Waals surface area contributed by atoms with Gasteiger partial charge >= 0.3 is 0 Å². The van der Waals surface area contributed by atoms with E-state index in [1.54, 1.807) is 6.21 Å². The lowest BCUT2D eigenvalue weighted by molar-refractivity contribution is 0.335. The molecule has 0 aliphatic carbocycles. The quantitative estimate of drug-likeness (QED) is 0.484. The Kier molecular flexibility index (Phi) is 6.88. The Morgan fingerprint density at radius 3 is 2.46 bits per heavy atom. The zero-order chi connectivity index (χ0) is 17.4. The van der Waals surface area contributed by atoms with Crippen LogP contribution in [-0.4, -0.2) is 18.0 Å². The molecule has 0 aliphatic heterocycles. The van der Waals surface area contributed by atoms with Gasteiger partial charge in [0.2, 0.25) is 0 Å². The molecule has 2 rings (SSSR count).